The SMILES string of the molecule is COc1ccccc1C(=O)N1CCN(CCNC(=O)C2CC(=O)N(c3ccccc3)C2)CC1. The van der Waals surface area contributed by atoms with Gasteiger partial charge in [-0.3, -0.25) is 19.3 Å². The van der Waals surface area contributed by atoms with Crippen molar-refractivity contribution >= 4 is 23.4 Å². The van der Waals surface area contributed by atoms with Gasteiger partial charge in [-0.1, -0.05) is 30.3 Å². The predicted octanol–water partition coefficient (Wildman–Crippen LogP) is 1.62. The highest BCUT2D eigenvalue weighted by molar-refractivity contribution is 6.00. The highest BCUT2D eigenvalue weighted by atomic mass is 16.5. The number of nitrogens with one attached hydrogen (secondary N) is 1. The largest absolute Gasteiger partial charge is 0.496 e. The Morgan fingerprint density at radius 1 is 1.00 bits per heavy atom. The molecule has 8 nitrogen and oxygen atoms in total. The summed E-state index contributed by atoms with van der Waals surface area (Å²) < 4.78 is 5.31. The van der Waals surface area contributed by atoms with Crippen LogP contribution in [0.2, 0.25) is 0 Å². The molecule has 0 bridgehead atoms. The van der Waals surface area contributed by atoms with Gasteiger partial charge in [-0.15, -0.1) is 0 Å². The fourth-order valence-corrected chi connectivity index (χ4v) is 4.39. The van der Waals surface area contributed by atoms with E-state index in [2.05, 4.69) is 10.2 Å². The minimum absolute atomic E-state index is 0.0165. The first-order chi connectivity index (χ1) is 16.1. The van der Waals surface area contributed by atoms with Crippen LogP contribution in [0.5, 0.6) is 5.75 Å². The van der Waals surface area contributed by atoms with Crippen molar-refractivity contribution in [2.45, 2.75) is 6.42 Å². The quantitative estimate of drug-likeness (QED) is 0.693. The molecule has 1 unspecified atom stereocenters. The lowest BCUT2D eigenvalue weighted by atomic mass is 10.1. The van der Waals surface area contributed by atoms with Crippen LogP contribution in [0.4, 0.5) is 5.69 Å². The highest BCUT2D eigenvalue weighted by Gasteiger charge is 2.35. The predicted molar refractivity (Wildman–Crippen MR) is 125 cm³/mol. The Morgan fingerprint density at radius 3 is 2.42 bits per heavy atom. The first-order valence-corrected chi connectivity index (χ1v) is 11.3. The van der Waals surface area contributed by atoms with Gasteiger partial charge in [0.15, 0.2) is 0 Å². The molecule has 1 atom stereocenters. The number of hydrogen-bond donors (Lipinski definition) is 1. The molecule has 1 N–H and O–H groups in total. The van der Waals surface area contributed by atoms with E-state index in [-0.39, 0.29) is 30.1 Å². The number of anilines is 1. The van der Waals surface area contributed by atoms with Gasteiger partial charge in [0.2, 0.25) is 11.8 Å². The second-order valence-electron chi connectivity index (χ2n) is 8.37. The molecular formula is C25H30N4O4. The molecule has 2 saturated heterocycles. The van der Waals surface area contributed by atoms with Gasteiger partial charge >= 0.3 is 0 Å². The van der Waals surface area contributed by atoms with Crippen LogP contribution in [0.15, 0.2) is 54.6 Å². The molecule has 174 valence electrons. The molecule has 2 aromatic carbocycles. The van der Waals surface area contributed by atoms with Crippen molar-refractivity contribution in [2.75, 3.05) is 57.8 Å². The number of ether oxygens (including phenoxy) is 1. The van der Waals surface area contributed by atoms with Crippen molar-refractivity contribution < 1.29 is 19.1 Å². The van der Waals surface area contributed by atoms with Crippen LogP contribution in [0.3, 0.4) is 0 Å². The molecule has 33 heavy (non-hydrogen) atoms. The van der Waals surface area contributed by atoms with Crippen LogP contribution in [0.25, 0.3) is 0 Å². The summed E-state index contributed by atoms with van der Waals surface area (Å²) in [7, 11) is 1.57. The molecule has 2 heterocycles. The zero-order valence-corrected chi connectivity index (χ0v) is 18.9. The molecule has 2 aromatic rings. The smallest absolute Gasteiger partial charge is 0.257 e. The number of rotatable bonds is 7. The third-order valence-electron chi connectivity index (χ3n) is 6.29. The van der Waals surface area contributed by atoms with Crippen molar-refractivity contribution in [1.29, 1.82) is 0 Å². The maximum absolute atomic E-state index is 12.8. The number of benzene rings is 2. The minimum Gasteiger partial charge on any atom is -0.496 e. The van der Waals surface area contributed by atoms with Gasteiger partial charge in [-0.2, -0.15) is 0 Å². The van der Waals surface area contributed by atoms with Gasteiger partial charge < -0.3 is 19.9 Å². The number of para-hydroxylation sites is 2. The van der Waals surface area contributed by atoms with E-state index in [1.807, 2.05) is 47.4 Å². The number of amides is 3. The van der Waals surface area contributed by atoms with E-state index in [0.29, 0.717) is 44.0 Å². The molecule has 0 aliphatic carbocycles. The van der Waals surface area contributed by atoms with E-state index >= 15 is 0 Å². The van der Waals surface area contributed by atoms with E-state index in [4.69, 9.17) is 4.74 Å². The van der Waals surface area contributed by atoms with Crippen LogP contribution in [0, 0.1) is 5.92 Å². The van der Waals surface area contributed by atoms with Gasteiger partial charge in [0.1, 0.15) is 5.75 Å². The molecule has 4 rings (SSSR count). The monoisotopic (exact) mass is 450 g/mol. The normalized spacial score (nSPS) is 18.9. The molecule has 2 fully saturated rings. The number of nitrogens with zero attached hydrogens (tertiary/aromatic N) is 3. The summed E-state index contributed by atoms with van der Waals surface area (Å²) in [6.07, 6.45) is 0.241. The van der Waals surface area contributed by atoms with Crippen molar-refractivity contribution in [1.82, 2.24) is 15.1 Å². The van der Waals surface area contributed by atoms with E-state index in [9.17, 15) is 14.4 Å². The first kappa shape index (κ1) is 22.8. The Hall–Kier alpha value is -3.39. The second-order valence-corrected chi connectivity index (χ2v) is 8.37. The molecule has 2 aliphatic heterocycles. The Kier molecular flexibility index (Phi) is 7.24. The van der Waals surface area contributed by atoms with E-state index < -0.39 is 0 Å². The summed E-state index contributed by atoms with van der Waals surface area (Å²) >= 11 is 0. The Balaban J connectivity index is 1.19. The Labute approximate surface area is 194 Å². The fourth-order valence-electron chi connectivity index (χ4n) is 4.39. The van der Waals surface area contributed by atoms with Crippen LogP contribution < -0.4 is 15.0 Å². The number of carbonyl (C=O) groups excluding carboxylic acids is 3. The molecule has 0 saturated carbocycles. The number of carbonyl (C=O) groups is 3. The average molecular weight is 451 g/mol. The van der Waals surface area contributed by atoms with Crippen LogP contribution in [-0.4, -0.2) is 80.4 Å². The fraction of sp³-hybridized carbons (Fsp3) is 0.400. The molecule has 0 radical (unpaired) electrons. The second kappa shape index (κ2) is 10.5. The van der Waals surface area contributed by atoms with Crippen LogP contribution in [0.1, 0.15) is 16.8 Å². The van der Waals surface area contributed by atoms with Gasteiger partial charge in [0, 0.05) is 57.9 Å². The molecule has 2 aliphatic rings. The summed E-state index contributed by atoms with van der Waals surface area (Å²) in [5.74, 6) is 0.148. The summed E-state index contributed by atoms with van der Waals surface area (Å²) in [6.45, 7) is 4.42. The van der Waals surface area contributed by atoms with Gasteiger partial charge in [0.25, 0.3) is 5.91 Å². The lowest BCUT2D eigenvalue weighted by Gasteiger charge is -2.35. The maximum Gasteiger partial charge on any atom is 0.257 e. The van der Waals surface area contributed by atoms with Crippen molar-refractivity contribution in [3.8, 4) is 5.75 Å². The topological polar surface area (TPSA) is 82.2 Å². The summed E-state index contributed by atoms with van der Waals surface area (Å²) in [5.41, 5.74) is 1.41. The van der Waals surface area contributed by atoms with Crippen LogP contribution in [-0.2, 0) is 9.59 Å². The maximum atomic E-state index is 12.8. The highest BCUT2D eigenvalue weighted by Crippen LogP contribution is 2.25. The summed E-state index contributed by atoms with van der Waals surface area (Å²) in [6, 6.07) is 16.7. The third-order valence-corrected chi connectivity index (χ3v) is 6.29. The van der Waals surface area contributed by atoms with Gasteiger partial charge in [-0.05, 0) is 24.3 Å². The number of piperazine rings is 1. The summed E-state index contributed by atoms with van der Waals surface area (Å²) in [5, 5.41) is 2.98. The van der Waals surface area contributed by atoms with Gasteiger partial charge in [0.05, 0.1) is 18.6 Å². The Bertz CT molecular complexity index is 989. The number of hydrogen-bond acceptors (Lipinski definition) is 5. The minimum atomic E-state index is -0.326. The zero-order valence-electron chi connectivity index (χ0n) is 18.9. The van der Waals surface area contributed by atoms with Crippen LogP contribution >= 0.6 is 0 Å². The summed E-state index contributed by atoms with van der Waals surface area (Å²) in [4.78, 5) is 43.5. The van der Waals surface area contributed by atoms with E-state index in [1.165, 1.54) is 0 Å². The molecule has 0 spiro atoms. The Morgan fingerprint density at radius 2 is 1.70 bits per heavy atom. The third kappa shape index (κ3) is 5.34. The number of methoxy groups -OCH3 is 1. The lowest BCUT2D eigenvalue weighted by molar-refractivity contribution is -0.126. The lowest BCUT2D eigenvalue weighted by Crippen LogP contribution is -2.50. The van der Waals surface area contributed by atoms with Crippen molar-refractivity contribution in [3.63, 3.8) is 0 Å². The standard InChI is InChI=1S/C25H30N4O4/c1-33-22-10-6-5-9-21(22)25(32)28-15-13-27(14-16-28)12-11-26-24(31)19-17-23(30)29(18-19)20-7-3-2-4-8-20/h2-10,19H,11-18H2,1H3,(H,26,31). The first-order valence-electron chi connectivity index (χ1n) is 11.3. The molecular weight excluding hydrogens is 420 g/mol. The van der Waals surface area contributed by atoms with Crippen molar-refractivity contribution in [2.24, 2.45) is 5.92 Å². The molecule has 8 heteroatoms. The van der Waals surface area contributed by atoms with E-state index in [1.54, 1.807) is 24.1 Å². The van der Waals surface area contributed by atoms with Crippen molar-refractivity contribution in [3.05, 3.63) is 60.2 Å². The average Bonchev–Trinajstić information content (AvgIpc) is 3.26. The molecule has 3 amide bonds. The van der Waals surface area contributed by atoms with E-state index in [0.717, 1.165) is 18.8 Å². The van der Waals surface area contributed by atoms with Gasteiger partial charge in [-0.25, -0.2) is 0 Å². The molecule has 0 aromatic heterocycles. The zero-order chi connectivity index (χ0) is 23.2.